The first-order valence-corrected chi connectivity index (χ1v) is 7.59. The van der Waals surface area contributed by atoms with Crippen molar-refractivity contribution >= 4 is 5.91 Å². The van der Waals surface area contributed by atoms with E-state index in [4.69, 9.17) is 10.5 Å². The molecule has 19 heavy (non-hydrogen) atoms. The van der Waals surface area contributed by atoms with E-state index >= 15 is 0 Å². The van der Waals surface area contributed by atoms with Crippen LogP contribution >= 0.6 is 0 Å². The lowest BCUT2D eigenvalue weighted by Gasteiger charge is -2.45. The number of carbonyl (C=O) groups excluding carboxylic acids is 1. The van der Waals surface area contributed by atoms with E-state index in [0.29, 0.717) is 23.9 Å². The highest BCUT2D eigenvalue weighted by atomic mass is 16.5. The van der Waals surface area contributed by atoms with Crippen LogP contribution in [0.1, 0.15) is 32.1 Å². The van der Waals surface area contributed by atoms with E-state index in [2.05, 4.69) is 10.6 Å². The number of hydrogen-bond donors (Lipinski definition) is 3. The normalized spacial score (nSPS) is 38.6. The zero-order valence-corrected chi connectivity index (χ0v) is 11.4. The summed E-state index contributed by atoms with van der Waals surface area (Å²) in [5.41, 5.74) is 6.10. The molecule has 2 atom stereocenters. The predicted molar refractivity (Wildman–Crippen MR) is 72.6 cm³/mol. The first kappa shape index (κ1) is 13.3. The van der Waals surface area contributed by atoms with Crippen LogP contribution in [0, 0.1) is 11.8 Å². The van der Waals surface area contributed by atoms with Crippen molar-refractivity contribution in [3.05, 3.63) is 0 Å². The molecule has 3 rings (SSSR count). The van der Waals surface area contributed by atoms with E-state index in [0.717, 1.165) is 25.9 Å². The van der Waals surface area contributed by atoms with Gasteiger partial charge in [-0.15, -0.1) is 0 Å². The van der Waals surface area contributed by atoms with Gasteiger partial charge in [0.1, 0.15) is 6.61 Å². The van der Waals surface area contributed by atoms with Crippen LogP contribution in [-0.2, 0) is 9.53 Å². The summed E-state index contributed by atoms with van der Waals surface area (Å²) in [6.45, 7) is 1.95. The van der Waals surface area contributed by atoms with Gasteiger partial charge >= 0.3 is 0 Å². The molecule has 0 radical (unpaired) electrons. The summed E-state index contributed by atoms with van der Waals surface area (Å²) < 4.78 is 5.53. The van der Waals surface area contributed by atoms with Gasteiger partial charge in [-0.2, -0.15) is 0 Å². The number of nitrogens with two attached hydrogens (primary N) is 1. The molecule has 1 heterocycles. The smallest absolute Gasteiger partial charge is 0.246 e. The van der Waals surface area contributed by atoms with Crippen LogP contribution in [0.3, 0.4) is 0 Å². The molecule has 3 aliphatic rings. The molecule has 0 aromatic rings. The van der Waals surface area contributed by atoms with Crippen molar-refractivity contribution in [3.63, 3.8) is 0 Å². The van der Waals surface area contributed by atoms with Crippen molar-refractivity contribution in [3.8, 4) is 0 Å². The SMILES string of the molecule is NC1CC2CCCC(C1)C2NC(=O)COC1CNC1. The minimum absolute atomic E-state index is 0.0456. The monoisotopic (exact) mass is 267 g/mol. The fourth-order valence-electron chi connectivity index (χ4n) is 3.83. The van der Waals surface area contributed by atoms with Gasteiger partial charge in [0.15, 0.2) is 0 Å². The highest BCUT2D eigenvalue weighted by Crippen LogP contribution is 2.39. The Kier molecular flexibility index (Phi) is 4.05. The topological polar surface area (TPSA) is 76.4 Å². The van der Waals surface area contributed by atoms with Gasteiger partial charge in [-0.05, 0) is 37.5 Å². The number of fused-ring (bicyclic) bond motifs is 2. The minimum Gasteiger partial charge on any atom is -0.366 e. The Morgan fingerprint density at radius 1 is 1.26 bits per heavy atom. The van der Waals surface area contributed by atoms with E-state index in [1.54, 1.807) is 0 Å². The van der Waals surface area contributed by atoms with Crippen LogP contribution in [0.25, 0.3) is 0 Å². The largest absolute Gasteiger partial charge is 0.366 e. The number of amides is 1. The molecule has 0 aromatic carbocycles. The second kappa shape index (κ2) is 5.77. The van der Waals surface area contributed by atoms with Crippen molar-refractivity contribution < 1.29 is 9.53 Å². The Bertz CT molecular complexity index is 319. The summed E-state index contributed by atoms with van der Waals surface area (Å²) in [6.07, 6.45) is 6.07. The molecule has 0 aromatic heterocycles. The van der Waals surface area contributed by atoms with E-state index in [-0.39, 0.29) is 18.6 Å². The maximum absolute atomic E-state index is 12.0. The Morgan fingerprint density at radius 3 is 2.53 bits per heavy atom. The molecule has 1 amide bonds. The molecular formula is C14H25N3O2. The zero-order chi connectivity index (χ0) is 13.2. The van der Waals surface area contributed by atoms with E-state index < -0.39 is 0 Å². The van der Waals surface area contributed by atoms with E-state index in [9.17, 15) is 4.79 Å². The van der Waals surface area contributed by atoms with Crippen molar-refractivity contribution in [1.29, 1.82) is 0 Å². The number of nitrogens with one attached hydrogen (secondary N) is 2. The molecule has 5 nitrogen and oxygen atoms in total. The third-order valence-corrected chi connectivity index (χ3v) is 4.90. The highest BCUT2D eigenvalue weighted by Gasteiger charge is 2.39. The van der Waals surface area contributed by atoms with Crippen LogP contribution < -0.4 is 16.4 Å². The first-order valence-electron chi connectivity index (χ1n) is 7.59. The quantitative estimate of drug-likeness (QED) is 0.670. The third-order valence-electron chi connectivity index (χ3n) is 4.90. The molecule has 108 valence electrons. The van der Waals surface area contributed by atoms with Gasteiger partial charge in [0.2, 0.25) is 5.91 Å². The zero-order valence-electron chi connectivity index (χ0n) is 11.4. The Labute approximate surface area is 114 Å². The summed E-state index contributed by atoms with van der Waals surface area (Å²) in [4.78, 5) is 12.0. The summed E-state index contributed by atoms with van der Waals surface area (Å²) in [5, 5.41) is 6.34. The molecule has 1 saturated heterocycles. The summed E-state index contributed by atoms with van der Waals surface area (Å²) in [6, 6.07) is 0.671. The van der Waals surface area contributed by atoms with Crippen molar-refractivity contribution in [1.82, 2.24) is 10.6 Å². The van der Waals surface area contributed by atoms with Gasteiger partial charge in [-0.1, -0.05) is 6.42 Å². The van der Waals surface area contributed by atoms with Gasteiger partial charge < -0.3 is 21.1 Å². The summed E-state index contributed by atoms with van der Waals surface area (Å²) in [7, 11) is 0. The Balaban J connectivity index is 1.49. The summed E-state index contributed by atoms with van der Waals surface area (Å²) in [5.74, 6) is 1.21. The van der Waals surface area contributed by atoms with Crippen molar-refractivity contribution in [2.75, 3.05) is 19.7 Å². The molecule has 3 fully saturated rings. The molecule has 5 heteroatoms. The average molecular weight is 267 g/mol. The Hall–Kier alpha value is -0.650. The van der Waals surface area contributed by atoms with Crippen LogP contribution in [0.15, 0.2) is 0 Å². The van der Waals surface area contributed by atoms with Crippen molar-refractivity contribution in [2.24, 2.45) is 17.6 Å². The van der Waals surface area contributed by atoms with Gasteiger partial charge in [0.05, 0.1) is 6.10 Å². The fourth-order valence-corrected chi connectivity index (χ4v) is 3.83. The average Bonchev–Trinajstić information content (AvgIpc) is 2.28. The lowest BCUT2D eigenvalue weighted by atomic mass is 9.67. The summed E-state index contributed by atoms with van der Waals surface area (Å²) >= 11 is 0. The van der Waals surface area contributed by atoms with Gasteiger partial charge in [0.25, 0.3) is 0 Å². The van der Waals surface area contributed by atoms with E-state index in [1.807, 2.05) is 0 Å². The number of ether oxygens (including phenoxy) is 1. The van der Waals surface area contributed by atoms with Crippen LogP contribution in [0.4, 0.5) is 0 Å². The Morgan fingerprint density at radius 2 is 1.95 bits per heavy atom. The van der Waals surface area contributed by atoms with Gasteiger partial charge in [-0.3, -0.25) is 4.79 Å². The van der Waals surface area contributed by atoms with Crippen LogP contribution in [0.5, 0.6) is 0 Å². The number of carbonyl (C=O) groups is 1. The molecule has 0 spiro atoms. The fraction of sp³-hybridized carbons (Fsp3) is 0.929. The second-order valence-electron chi connectivity index (χ2n) is 6.37. The number of rotatable bonds is 4. The molecule has 2 bridgehead atoms. The number of hydrogen-bond acceptors (Lipinski definition) is 4. The minimum atomic E-state index is 0.0456. The maximum atomic E-state index is 12.0. The van der Waals surface area contributed by atoms with E-state index in [1.165, 1.54) is 19.3 Å². The molecule has 1 aliphatic heterocycles. The van der Waals surface area contributed by atoms with Crippen LogP contribution in [-0.4, -0.2) is 43.8 Å². The third kappa shape index (κ3) is 3.09. The molecule has 2 aliphatic carbocycles. The van der Waals surface area contributed by atoms with Gasteiger partial charge in [-0.25, -0.2) is 0 Å². The predicted octanol–water partition coefficient (Wildman–Crippen LogP) is -0.00300. The molecular weight excluding hydrogens is 242 g/mol. The standard InChI is InChI=1S/C14H25N3O2/c15-11-4-9-2-1-3-10(5-11)14(9)17-13(18)8-19-12-6-16-7-12/h9-12,14,16H,1-8,15H2,(H,17,18). The second-order valence-corrected chi connectivity index (χ2v) is 6.37. The lowest BCUT2D eigenvalue weighted by Crippen LogP contribution is -2.55. The lowest BCUT2D eigenvalue weighted by molar-refractivity contribution is -0.131. The molecule has 2 unspecified atom stereocenters. The highest BCUT2D eigenvalue weighted by molar-refractivity contribution is 5.77. The van der Waals surface area contributed by atoms with Crippen LogP contribution in [0.2, 0.25) is 0 Å². The molecule has 2 saturated carbocycles. The maximum Gasteiger partial charge on any atom is 0.246 e. The molecule has 4 N–H and O–H groups in total. The van der Waals surface area contributed by atoms with Gasteiger partial charge in [0, 0.05) is 25.2 Å². The first-order chi connectivity index (χ1) is 9.22. The van der Waals surface area contributed by atoms with Crippen molar-refractivity contribution in [2.45, 2.75) is 50.3 Å².